The lowest BCUT2D eigenvalue weighted by Crippen LogP contribution is -2.40. The summed E-state index contributed by atoms with van der Waals surface area (Å²) in [6, 6.07) is 4.06. The Hall–Kier alpha value is -3.61. The molecule has 0 unspecified atom stereocenters. The lowest BCUT2D eigenvalue weighted by Gasteiger charge is -2.24. The highest BCUT2D eigenvalue weighted by molar-refractivity contribution is 7.13. The van der Waals surface area contributed by atoms with Crippen molar-refractivity contribution in [3.8, 4) is 10.6 Å². The SMILES string of the molecule is CN(C)CCC(=O)N1CCCc2cc(ccn2)-c2nc(cs2)C(=O)Nc2cn(C3CCOCC3)cc2C(=O)NCC1. The van der Waals surface area contributed by atoms with E-state index in [0.29, 0.717) is 69.2 Å². The van der Waals surface area contributed by atoms with Crippen LogP contribution in [0.3, 0.4) is 0 Å². The third kappa shape index (κ3) is 7.38. The van der Waals surface area contributed by atoms with Crippen molar-refractivity contribution in [2.45, 2.75) is 38.1 Å². The fraction of sp³-hybridized carbons (Fsp3) is 0.483. The maximum atomic E-state index is 13.4. The molecule has 2 N–H and O–H groups in total. The third-order valence-electron chi connectivity index (χ3n) is 7.41. The number of aryl methyl sites for hydroxylation is 1. The maximum absolute atomic E-state index is 13.4. The predicted molar refractivity (Wildman–Crippen MR) is 157 cm³/mol. The van der Waals surface area contributed by atoms with Gasteiger partial charge in [-0.15, -0.1) is 11.3 Å². The Kier molecular flexibility index (Phi) is 9.42. The van der Waals surface area contributed by atoms with Crippen LogP contribution in [0.15, 0.2) is 36.1 Å². The van der Waals surface area contributed by atoms with Gasteiger partial charge in [-0.05, 0) is 51.9 Å². The molecule has 41 heavy (non-hydrogen) atoms. The summed E-state index contributed by atoms with van der Waals surface area (Å²) in [5.74, 6) is -0.622. The molecule has 5 heterocycles. The van der Waals surface area contributed by atoms with Crippen LogP contribution in [0, 0.1) is 0 Å². The Morgan fingerprint density at radius 2 is 2.00 bits per heavy atom. The lowest BCUT2D eigenvalue weighted by atomic mass is 10.1. The van der Waals surface area contributed by atoms with Gasteiger partial charge in [-0.3, -0.25) is 19.4 Å². The highest BCUT2D eigenvalue weighted by Crippen LogP contribution is 2.28. The number of rotatable bonds is 4. The molecule has 2 aliphatic rings. The summed E-state index contributed by atoms with van der Waals surface area (Å²) in [6.07, 6.45) is 8.87. The van der Waals surface area contributed by atoms with Gasteiger partial charge >= 0.3 is 0 Å². The van der Waals surface area contributed by atoms with E-state index in [0.717, 1.165) is 35.5 Å². The molecule has 2 aliphatic heterocycles. The highest BCUT2D eigenvalue weighted by atomic mass is 32.1. The highest BCUT2D eigenvalue weighted by Gasteiger charge is 2.23. The Labute approximate surface area is 243 Å². The number of thiazole rings is 1. The molecule has 1 saturated heterocycles. The van der Waals surface area contributed by atoms with E-state index in [4.69, 9.17) is 4.74 Å². The summed E-state index contributed by atoms with van der Waals surface area (Å²) < 4.78 is 7.50. The molecule has 3 aromatic heterocycles. The molecule has 3 amide bonds. The van der Waals surface area contributed by atoms with Gasteiger partial charge in [0.25, 0.3) is 11.8 Å². The minimum Gasteiger partial charge on any atom is -0.381 e. The molecule has 4 bridgehead atoms. The van der Waals surface area contributed by atoms with Crippen molar-refractivity contribution in [2.75, 3.05) is 58.8 Å². The van der Waals surface area contributed by atoms with Gasteiger partial charge in [0.05, 0.1) is 11.3 Å². The normalized spacial score (nSPS) is 17.4. The second-order valence-corrected chi connectivity index (χ2v) is 11.6. The van der Waals surface area contributed by atoms with E-state index in [2.05, 4.69) is 20.6 Å². The summed E-state index contributed by atoms with van der Waals surface area (Å²) in [5, 5.41) is 8.34. The number of hydrogen-bond donors (Lipinski definition) is 2. The number of amides is 3. The summed E-state index contributed by atoms with van der Waals surface area (Å²) in [4.78, 5) is 52.6. The largest absolute Gasteiger partial charge is 0.381 e. The maximum Gasteiger partial charge on any atom is 0.275 e. The number of hydrogen-bond acceptors (Lipinski definition) is 8. The molecule has 3 aromatic rings. The number of nitrogens with one attached hydrogen (secondary N) is 2. The first-order valence-electron chi connectivity index (χ1n) is 14.1. The lowest BCUT2D eigenvalue weighted by molar-refractivity contribution is -0.131. The van der Waals surface area contributed by atoms with Crippen LogP contribution in [-0.4, -0.2) is 95.5 Å². The average molecular weight is 580 g/mol. The van der Waals surface area contributed by atoms with E-state index in [9.17, 15) is 14.4 Å². The van der Waals surface area contributed by atoms with Crippen molar-refractivity contribution in [3.05, 3.63) is 53.1 Å². The Balaban J connectivity index is 1.44. The second kappa shape index (κ2) is 13.4. The zero-order valence-electron chi connectivity index (χ0n) is 23.6. The first kappa shape index (κ1) is 28.9. The van der Waals surface area contributed by atoms with Crippen LogP contribution in [0.2, 0.25) is 0 Å². The standard InChI is InChI=1S/C29H37N7O4S/c1-34(2)12-6-26(37)35-11-3-4-21-16-20(5-9-30-21)29-33-25(19-41-29)28(39)32-24-18-36(22-7-14-40-15-8-22)17-23(24)27(38)31-10-13-35/h5,9,16-19,22H,3-4,6-8,10-15H2,1-2H3,(H,31,38)(H,32,39). The van der Waals surface area contributed by atoms with Crippen molar-refractivity contribution in [1.82, 2.24) is 29.7 Å². The van der Waals surface area contributed by atoms with Crippen molar-refractivity contribution >= 4 is 34.7 Å². The smallest absolute Gasteiger partial charge is 0.275 e. The molecular weight excluding hydrogens is 542 g/mol. The van der Waals surface area contributed by atoms with Crippen LogP contribution in [-0.2, 0) is 16.0 Å². The predicted octanol–water partition coefficient (Wildman–Crippen LogP) is 3.07. The molecule has 12 heteroatoms. The van der Waals surface area contributed by atoms with Gasteiger partial charge in [0.2, 0.25) is 5.91 Å². The van der Waals surface area contributed by atoms with Crippen molar-refractivity contribution in [1.29, 1.82) is 0 Å². The summed E-state index contributed by atoms with van der Waals surface area (Å²) in [6.45, 7) is 3.23. The monoisotopic (exact) mass is 579 g/mol. The summed E-state index contributed by atoms with van der Waals surface area (Å²) in [7, 11) is 3.89. The first-order valence-corrected chi connectivity index (χ1v) is 15.0. The van der Waals surface area contributed by atoms with Gasteiger partial charge in [-0.2, -0.15) is 0 Å². The van der Waals surface area contributed by atoms with E-state index in [1.165, 1.54) is 11.3 Å². The van der Waals surface area contributed by atoms with Crippen LogP contribution in [0.5, 0.6) is 0 Å². The Morgan fingerprint density at radius 3 is 2.80 bits per heavy atom. The third-order valence-corrected chi connectivity index (χ3v) is 8.30. The number of carbonyl (C=O) groups is 3. The molecule has 0 radical (unpaired) electrons. The van der Waals surface area contributed by atoms with Gasteiger partial charge in [-0.25, -0.2) is 4.98 Å². The quantitative estimate of drug-likeness (QED) is 0.487. The number of ether oxygens (including phenoxy) is 1. The van der Waals surface area contributed by atoms with Crippen LogP contribution >= 0.6 is 11.3 Å². The minimum atomic E-state index is -0.376. The van der Waals surface area contributed by atoms with E-state index in [1.54, 1.807) is 17.8 Å². The molecule has 0 aliphatic carbocycles. The first-order chi connectivity index (χ1) is 19.9. The molecule has 218 valence electrons. The van der Waals surface area contributed by atoms with E-state index < -0.39 is 0 Å². The van der Waals surface area contributed by atoms with Crippen LogP contribution in [0.25, 0.3) is 10.6 Å². The van der Waals surface area contributed by atoms with Crippen LogP contribution in [0.4, 0.5) is 5.69 Å². The summed E-state index contributed by atoms with van der Waals surface area (Å²) in [5.41, 5.74) is 2.90. The van der Waals surface area contributed by atoms with Gasteiger partial charge < -0.3 is 29.7 Å². The van der Waals surface area contributed by atoms with Crippen molar-refractivity contribution in [3.63, 3.8) is 0 Å². The Bertz CT molecular complexity index is 1380. The van der Waals surface area contributed by atoms with Crippen LogP contribution in [0.1, 0.15) is 58.3 Å². The molecular formula is C29H37N7O4S. The van der Waals surface area contributed by atoms with E-state index in [-0.39, 0.29) is 23.8 Å². The molecule has 1 fully saturated rings. The number of nitrogens with zero attached hydrogens (tertiary/aromatic N) is 5. The number of aromatic nitrogens is 3. The zero-order chi connectivity index (χ0) is 28.8. The number of carbonyl (C=O) groups excluding carboxylic acids is 3. The molecule has 11 nitrogen and oxygen atoms in total. The fourth-order valence-electron chi connectivity index (χ4n) is 5.08. The minimum absolute atomic E-state index is 0.0537. The van der Waals surface area contributed by atoms with Crippen molar-refractivity contribution in [2.24, 2.45) is 0 Å². The number of fused-ring (bicyclic) bond motifs is 6. The Morgan fingerprint density at radius 1 is 1.17 bits per heavy atom. The number of pyridine rings is 1. The molecule has 0 spiro atoms. The average Bonchev–Trinajstić information content (AvgIpc) is 3.63. The van der Waals surface area contributed by atoms with E-state index in [1.807, 2.05) is 46.8 Å². The summed E-state index contributed by atoms with van der Waals surface area (Å²) >= 11 is 1.39. The molecule has 5 rings (SSSR count). The van der Waals surface area contributed by atoms with Gasteiger partial charge in [0.15, 0.2) is 0 Å². The second-order valence-electron chi connectivity index (χ2n) is 10.7. The molecule has 0 atom stereocenters. The van der Waals surface area contributed by atoms with Gasteiger partial charge in [0, 0.05) is 87.1 Å². The van der Waals surface area contributed by atoms with E-state index >= 15 is 0 Å². The van der Waals surface area contributed by atoms with Crippen molar-refractivity contribution < 1.29 is 19.1 Å². The van der Waals surface area contributed by atoms with Gasteiger partial charge in [0.1, 0.15) is 10.7 Å². The topological polar surface area (TPSA) is 122 Å². The molecule has 0 aromatic carbocycles. The van der Waals surface area contributed by atoms with Crippen LogP contribution < -0.4 is 10.6 Å². The van der Waals surface area contributed by atoms with Gasteiger partial charge in [-0.1, -0.05) is 0 Å². The number of anilines is 1. The fourth-order valence-corrected chi connectivity index (χ4v) is 5.88. The molecule has 0 saturated carbocycles. The zero-order valence-corrected chi connectivity index (χ0v) is 24.4.